The number of carbonyl (C=O) groups is 2. The van der Waals surface area contributed by atoms with Crippen LogP contribution >= 0.6 is 34.8 Å². The third-order valence-electron chi connectivity index (χ3n) is 5.33. The number of benzene rings is 2. The lowest BCUT2D eigenvalue weighted by molar-refractivity contribution is -0.139. The van der Waals surface area contributed by atoms with Gasteiger partial charge in [0.05, 0.1) is 22.5 Å². The zero-order valence-electron chi connectivity index (χ0n) is 20.1. The molecular formula is C23H25Cl3F3N3O4S. The molecule has 2 aromatic carbocycles. The Bertz CT molecular complexity index is 1240. The molecule has 2 aromatic rings. The summed E-state index contributed by atoms with van der Waals surface area (Å²) in [5, 5.41) is 2.74. The van der Waals surface area contributed by atoms with Gasteiger partial charge >= 0.3 is 6.18 Å². The summed E-state index contributed by atoms with van der Waals surface area (Å²) in [4.78, 5) is 27.3. The van der Waals surface area contributed by atoms with Crippen LogP contribution in [0.4, 0.5) is 18.9 Å². The molecule has 1 N–H and O–H groups in total. The van der Waals surface area contributed by atoms with E-state index in [-0.39, 0.29) is 21.6 Å². The minimum Gasteiger partial charge on any atom is -0.354 e. The maximum Gasteiger partial charge on any atom is 0.416 e. The van der Waals surface area contributed by atoms with Crippen LogP contribution in [0.3, 0.4) is 0 Å². The van der Waals surface area contributed by atoms with Crippen LogP contribution in [0, 0.1) is 0 Å². The highest BCUT2D eigenvalue weighted by Gasteiger charge is 2.35. The van der Waals surface area contributed by atoms with E-state index >= 15 is 0 Å². The van der Waals surface area contributed by atoms with Crippen LogP contribution in [0.15, 0.2) is 36.4 Å². The van der Waals surface area contributed by atoms with Gasteiger partial charge in [0.1, 0.15) is 12.6 Å². The first-order valence-corrected chi connectivity index (χ1v) is 13.9. The van der Waals surface area contributed by atoms with Crippen LogP contribution in [-0.4, -0.2) is 50.5 Å². The van der Waals surface area contributed by atoms with E-state index in [9.17, 15) is 31.2 Å². The monoisotopic (exact) mass is 601 g/mol. The van der Waals surface area contributed by atoms with Gasteiger partial charge in [0.25, 0.3) is 0 Å². The first-order valence-electron chi connectivity index (χ1n) is 10.9. The highest BCUT2D eigenvalue weighted by Crippen LogP contribution is 2.36. The molecular weight excluding hydrogens is 578 g/mol. The van der Waals surface area contributed by atoms with Crippen LogP contribution < -0.4 is 9.62 Å². The lowest BCUT2D eigenvalue weighted by Gasteiger charge is -2.32. The smallest absolute Gasteiger partial charge is 0.354 e. The number of rotatable bonds is 10. The molecule has 0 aromatic heterocycles. The summed E-state index contributed by atoms with van der Waals surface area (Å²) >= 11 is 18.6. The number of sulfonamides is 1. The number of halogens is 6. The summed E-state index contributed by atoms with van der Waals surface area (Å²) in [5.74, 6) is -1.42. The van der Waals surface area contributed by atoms with E-state index < -0.39 is 51.9 Å². The number of hydrogen-bond acceptors (Lipinski definition) is 4. The van der Waals surface area contributed by atoms with Crippen molar-refractivity contribution in [1.29, 1.82) is 0 Å². The highest BCUT2D eigenvalue weighted by atomic mass is 35.5. The molecule has 0 aliphatic rings. The predicted molar refractivity (Wildman–Crippen MR) is 138 cm³/mol. The molecule has 1 atom stereocenters. The van der Waals surface area contributed by atoms with E-state index in [1.54, 1.807) is 6.07 Å². The van der Waals surface area contributed by atoms with Gasteiger partial charge in [-0.15, -0.1) is 0 Å². The zero-order chi connectivity index (χ0) is 28.1. The van der Waals surface area contributed by atoms with E-state index in [4.69, 9.17) is 34.8 Å². The third-order valence-corrected chi connectivity index (χ3v) is 7.48. The Kier molecular flexibility index (Phi) is 10.5. The summed E-state index contributed by atoms with van der Waals surface area (Å²) < 4.78 is 65.6. The Hall–Kier alpha value is -2.21. The molecule has 0 spiro atoms. The number of hydrogen-bond donors (Lipinski definition) is 1. The van der Waals surface area contributed by atoms with Gasteiger partial charge in [-0.2, -0.15) is 13.2 Å². The third kappa shape index (κ3) is 8.13. The fourth-order valence-electron chi connectivity index (χ4n) is 3.31. The molecule has 0 unspecified atom stereocenters. The van der Waals surface area contributed by atoms with Gasteiger partial charge < -0.3 is 10.2 Å². The van der Waals surface area contributed by atoms with Crippen molar-refractivity contribution in [3.8, 4) is 0 Å². The highest BCUT2D eigenvalue weighted by molar-refractivity contribution is 7.92. The minimum absolute atomic E-state index is 0.201. The Morgan fingerprint density at radius 2 is 1.65 bits per heavy atom. The lowest BCUT2D eigenvalue weighted by atomic mass is 10.1. The molecule has 0 saturated heterocycles. The molecule has 0 saturated carbocycles. The van der Waals surface area contributed by atoms with Crippen molar-refractivity contribution in [2.45, 2.75) is 39.0 Å². The first kappa shape index (κ1) is 31.0. The molecule has 0 radical (unpaired) electrons. The second-order valence-corrected chi connectivity index (χ2v) is 11.3. The molecule has 0 fully saturated rings. The SMILES string of the molecule is CCCNC(=O)[C@@H](C)N(Cc1c(Cl)cccc1Cl)C(=O)CN(c1cc(C(F)(F)F)ccc1Cl)S(C)(=O)=O. The predicted octanol–water partition coefficient (Wildman–Crippen LogP) is 5.38. The fraction of sp³-hybridized carbons (Fsp3) is 0.391. The van der Waals surface area contributed by atoms with Gasteiger partial charge in [-0.1, -0.05) is 47.8 Å². The maximum atomic E-state index is 13.5. The molecule has 0 heterocycles. The van der Waals surface area contributed by atoms with Gasteiger partial charge in [0, 0.05) is 28.7 Å². The number of alkyl halides is 3. The summed E-state index contributed by atoms with van der Waals surface area (Å²) in [7, 11) is -4.30. The number of nitrogens with one attached hydrogen (secondary N) is 1. The lowest BCUT2D eigenvalue weighted by Crippen LogP contribution is -2.51. The van der Waals surface area contributed by atoms with Gasteiger partial charge in [0.15, 0.2) is 0 Å². The molecule has 37 heavy (non-hydrogen) atoms. The van der Waals surface area contributed by atoms with Crippen molar-refractivity contribution in [3.63, 3.8) is 0 Å². The maximum absolute atomic E-state index is 13.5. The largest absolute Gasteiger partial charge is 0.416 e. The van der Waals surface area contributed by atoms with E-state index in [0.29, 0.717) is 35.0 Å². The first-order chi connectivity index (χ1) is 17.1. The van der Waals surface area contributed by atoms with Gasteiger partial charge in [-0.3, -0.25) is 13.9 Å². The van der Waals surface area contributed by atoms with Crippen molar-refractivity contribution in [3.05, 3.63) is 62.6 Å². The summed E-state index contributed by atoms with van der Waals surface area (Å²) in [6.07, 6.45) is -3.44. The topological polar surface area (TPSA) is 86.8 Å². The Morgan fingerprint density at radius 3 is 2.16 bits per heavy atom. The van der Waals surface area contributed by atoms with E-state index in [1.807, 2.05) is 6.92 Å². The van der Waals surface area contributed by atoms with Crippen molar-refractivity contribution >= 4 is 62.3 Å². The van der Waals surface area contributed by atoms with Gasteiger partial charge in [-0.25, -0.2) is 8.42 Å². The van der Waals surface area contributed by atoms with Crippen LogP contribution in [0.25, 0.3) is 0 Å². The molecule has 0 bridgehead atoms. The summed E-state index contributed by atoms with van der Waals surface area (Å²) in [6, 6.07) is 5.66. The van der Waals surface area contributed by atoms with Crippen molar-refractivity contribution in [2.75, 3.05) is 23.7 Å². The second kappa shape index (κ2) is 12.6. The molecule has 0 aliphatic heterocycles. The number of carbonyl (C=O) groups excluding carboxylic acids is 2. The van der Waals surface area contributed by atoms with Crippen LogP contribution in [-0.2, 0) is 32.3 Å². The number of anilines is 1. The number of amides is 2. The molecule has 204 valence electrons. The van der Waals surface area contributed by atoms with Crippen LogP contribution in [0.2, 0.25) is 15.1 Å². The zero-order valence-corrected chi connectivity index (χ0v) is 23.2. The van der Waals surface area contributed by atoms with Crippen LogP contribution in [0.5, 0.6) is 0 Å². The normalized spacial score (nSPS) is 12.7. The van der Waals surface area contributed by atoms with E-state index in [1.165, 1.54) is 19.1 Å². The quantitative estimate of drug-likeness (QED) is 0.396. The van der Waals surface area contributed by atoms with E-state index in [0.717, 1.165) is 17.2 Å². The molecule has 14 heteroatoms. The summed E-state index contributed by atoms with van der Waals surface area (Å²) in [5.41, 5.74) is -1.39. The van der Waals surface area contributed by atoms with Crippen molar-refractivity contribution in [2.24, 2.45) is 0 Å². The minimum atomic E-state index is -4.79. The molecule has 2 rings (SSSR count). The standard InChI is InChI=1S/C23H25Cl3F3N3O4S/c1-4-10-30-22(34)14(2)31(12-16-17(24)6-5-7-18(16)25)21(33)13-32(37(3,35)36)20-11-15(23(27,28)29)8-9-19(20)26/h5-9,11,14H,4,10,12-13H2,1-3H3,(H,30,34)/t14-/m1/s1. The Morgan fingerprint density at radius 1 is 1.05 bits per heavy atom. The van der Waals surface area contributed by atoms with Crippen molar-refractivity contribution < 1.29 is 31.2 Å². The average molecular weight is 603 g/mol. The molecule has 0 aliphatic carbocycles. The second-order valence-electron chi connectivity index (χ2n) is 8.12. The average Bonchev–Trinajstić information content (AvgIpc) is 2.79. The van der Waals surface area contributed by atoms with Crippen molar-refractivity contribution in [1.82, 2.24) is 10.2 Å². The van der Waals surface area contributed by atoms with E-state index in [2.05, 4.69) is 5.32 Å². The van der Waals surface area contributed by atoms with Gasteiger partial charge in [-0.05, 0) is 43.7 Å². The summed E-state index contributed by atoms with van der Waals surface area (Å²) in [6.45, 7) is 2.38. The number of nitrogens with zero attached hydrogens (tertiary/aromatic N) is 2. The fourth-order valence-corrected chi connectivity index (χ4v) is 4.95. The Balaban J connectivity index is 2.54. The van der Waals surface area contributed by atoms with Crippen LogP contribution in [0.1, 0.15) is 31.4 Å². The Labute approximate surface area is 228 Å². The molecule has 7 nitrogen and oxygen atoms in total. The molecule has 2 amide bonds. The van der Waals surface area contributed by atoms with Gasteiger partial charge in [0.2, 0.25) is 21.8 Å².